The number of benzene rings is 1. The predicted octanol–water partition coefficient (Wildman–Crippen LogP) is 1.66. The zero-order valence-corrected chi connectivity index (χ0v) is 12.3. The van der Waals surface area contributed by atoms with Gasteiger partial charge in [-0.1, -0.05) is 12.1 Å². The fraction of sp³-hybridized carbons (Fsp3) is 0.562. The number of aryl methyl sites for hydroxylation is 1. The van der Waals surface area contributed by atoms with Crippen molar-refractivity contribution in [2.45, 2.75) is 25.7 Å². The minimum atomic E-state index is 0.153. The number of hydrogen-bond donors (Lipinski definition) is 2. The standard InChI is InChI=1S/C16H25N3O/c1-19-10-8-14(9-11-19)12-18-16(20)7-4-13-2-5-15(17)6-3-13/h2-3,5-6,14H,4,7-12,17H2,1H3,(H,18,20). The number of rotatable bonds is 5. The molecule has 1 saturated heterocycles. The number of piperidine rings is 1. The Kier molecular flexibility index (Phi) is 5.41. The van der Waals surface area contributed by atoms with Gasteiger partial charge in [-0.15, -0.1) is 0 Å². The van der Waals surface area contributed by atoms with Gasteiger partial charge >= 0.3 is 0 Å². The lowest BCUT2D eigenvalue weighted by atomic mass is 9.97. The van der Waals surface area contributed by atoms with Gasteiger partial charge in [-0.25, -0.2) is 0 Å². The van der Waals surface area contributed by atoms with E-state index in [9.17, 15) is 4.79 Å². The molecule has 0 spiro atoms. The van der Waals surface area contributed by atoms with Crippen molar-refractivity contribution in [1.82, 2.24) is 10.2 Å². The van der Waals surface area contributed by atoms with Crippen molar-refractivity contribution in [2.75, 3.05) is 32.4 Å². The van der Waals surface area contributed by atoms with Crippen LogP contribution in [0.15, 0.2) is 24.3 Å². The van der Waals surface area contributed by atoms with Crippen molar-refractivity contribution in [3.05, 3.63) is 29.8 Å². The molecule has 0 aliphatic carbocycles. The predicted molar refractivity (Wildman–Crippen MR) is 82.4 cm³/mol. The van der Waals surface area contributed by atoms with E-state index in [-0.39, 0.29) is 5.91 Å². The minimum absolute atomic E-state index is 0.153. The minimum Gasteiger partial charge on any atom is -0.399 e. The van der Waals surface area contributed by atoms with Crippen LogP contribution in [-0.2, 0) is 11.2 Å². The molecule has 1 aromatic rings. The number of hydrogen-bond acceptors (Lipinski definition) is 3. The molecule has 110 valence electrons. The van der Waals surface area contributed by atoms with E-state index >= 15 is 0 Å². The fourth-order valence-electron chi connectivity index (χ4n) is 2.55. The van der Waals surface area contributed by atoms with Gasteiger partial charge in [0, 0.05) is 18.7 Å². The van der Waals surface area contributed by atoms with Crippen molar-refractivity contribution in [1.29, 1.82) is 0 Å². The van der Waals surface area contributed by atoms with Gasteiger partial charge in [-0.2, -0.15) is 0 Å². The van der Waals surface area contributed by atoms with Crippen LogP contribution in [0.2, 0.25) is 0 Å². The fourth-order valence-corrected chi connectivity index (χ4v) is 2.55. The van der Waals surface area contributed by atoms with Gasteiger partial charge in [0.25, 0.3) is 0 Å². The second-order valence-electron chi connectivity index (χ2n) is 5.79. The molecule has 0 aromatic heterocycles. The molecule has 20 heavy (non-hydrogen) atoms. The molecule has 3 N–H and O–H groups in total. The van der Waals surface area contributed by atoms with E-state index in [1.807, 2.05) is 24.3 Å². The molecular weight excluding hydrogens is 250 g/mol. The highest BCUT2D eigenvalue weighted by molar-refractivity contribution is 5.76. The van der Waals surface area contributed by atoms with E-state index in [1.165, 1.54) is 12.8 Å². The van der Waals surface area contributed by atoms with Crippen LogP contribution < -0.4 is 11.1 Å². The van der Waals surface area contributed by atoms with E-state index in [4.69, 9.17) is 5.73 Å². The number of nitrogens with one attached hydrogen (secondary N) is 1. The summed E-state index contributed by atoms with van der Waals surface area (Å²) in [7, 11) is 2.15. The second-order valence-corrected chi connectivity index (χ2v) is 5.79. The lowest BCUT2D eigenvalue weighted by Crippen LogP contribution is -2.36. The van der Waals surface area contributed by atoms with E-state index in [2.05, 4.69) is 17.3 Å². The van der Waals surface area contributed by atoms with Crippen molar-refractivity contribution in [2.24, 2.45) is 5.92 Å². The monoisotopic (exact) mass is 275 g/mol. The molecule has 1 aliphatic rings. The van der Waals surface area contributed by atoms with Crippen LogP contribution >= 0.6 is 0 Å². The third kappa shape index (κ3) is 4.85. The summed E-state index contributed by atoms with van der Waals surface area (Å²) in [6, 6.07) is 7.73. The maximum absolute atomic E-state index is 11.8. The lowest BCUT2D eigenvalue weighted by molar-refractivity contribution is -0.121. The first-order chi connectivity index (χ1) is 9.63. The van der Waals surface area contributed by atoms with Gasteiger partial charge < -0.3 is 16.0 Å². The van der Waals surface area contributed by atoms with Crippen LogP contribution in [0.1, 0.15) is 24.8 Å². The molecule has 1 amide bonds. The Bertz CT molecular complexity index is 422. The molecule has 4 heteroatoms. The van der Waals surface area contributed by atoms with E-state index in [0.717, 1.165) is 37.3 Å². The summed E-state index contributed by atoms with van der Waals surface area (Å²) in [4.78, 5) is 14.2. The van der Waals surface area contributed by atoms with Crippen LogP contribution in [0.5, 0.6) is 0 Å². The summed E-state index contributed by atoms with van der Waals surface area (Å²) in [5.74, 6) is 0.799. The zero-order chi connectivity index (χ0) is 14.4. The number of carbonyl (C=O) groups excluding carboxylic acids is 1. The largest absolute Gasteiger partial charge is 0.399 e. The van der Waals surface area contributed by atoms with Crippen LogP contribution in [0, 0.1) is 5.92 Å². The molecule has 4 nitrogen and oxygen atoms in total. The maximum atomic E-state index is 11.8. The summed E-state index contributed by atoms with van der Waals surface area (Å²) in [5.41, 5.74) is 7.57. The quantitative estimate of drug-likeness (QED) is 0.804. The van der Waals surface area contributed by atoms with E-state index in [0.29, 0.717) is 12.3 Å². The highest BCUT2D eigenvalue weighted by Crippen LogP contribution is 2.14. The number of anilines is 1. The normalized spacial score (nSPS) is 17.1. The summed E-state index contributed by atoms with van der Waals surface area (Å²) in [5, 5.41) is 3.07. The van der Waals surface area contributed by atoms with E-state index in [1.54, 1.807) is 0 Å². The summed E-state index contributed by atoms with van der Waals surface area (Å²) in [6.45, 7) is 3.12. The Balaban J connectivity index is 1.64. The molecule has 0 unspecified atom stereocenters. The number of carbonyl (C=O) groups is 1. The number of nitrogens with zero attached hydrogens (tertiary/aromatic N) is 1. The van der Waals surface area contributed by atoms with Gasteiger partial charge in [-0.05, 0) is 63.0 Å². The first-order valence-electron chi connectivity index (χ1n) is 7.43. The first-order valence-corrected chi connectivity index (χ1v) is 7.43. The number of nitrogen functional groups attached to an aromatic ring is 1. The Morgan fingerprint density at radius 1 is 1.30 bits per heavy atom. The van der Waals surface area contributed by atoms with Crippen LogP contribution in [0.4, 0.5) is 5.69 Å². The first kappa shape index (κ1) is 14.9. The Hall–Kier alpha value is -1.55. The van der Waals surface area contributed by atoms with Crippen LogP contribution in [-0.4, -0.2) is 37.5 Å². The van der Waals surface area contributed by atoms with Crippen molar-refractivity contribution >= 4 is 11.6 Å². The number of likely N-dealkylation sites (tertiary alicyclic amines) is 1. The highest BCUT2D eigenvalue weighted by Gasteiger charge is 2.16. The summed E-state index contributed by atoms with van der Waals surface area (Å²) >= 11 is 0. The van der Waals surface area contributed by atoms with E-state index < -0.39 is 0 Å². The smallest absolute Gasteiger partial charge is 0.220 e. The van der Waals surface area contributed by atoms with Gasteiger partial charge in [-0.3, -0.25) is 4.79 Å². The van der Waals surface area contributed by atoms with Crippen LogP contribution in [0.25, 0.3) is 0 Å². The molecule has 0 atom stereocenters. The average Bonchev–Trinajstić information content (AvgIpc) is 2.46. The number of nitrogens with two attached hydrogens (primary N) is 1. The topological polar surface area (TPSA) is 58.4 Å². The Labute approximate surface area is 121 Å². The molecular formula is C16H25N3O. The molecule has 0 bridgehead atoms. The maximum Gasteiger partial charge on any atom is 0.220 e. The van der Waals surface area contributed by atoms with Gasteiger partial charge in [0.2, 0.25) is 5.91 Å². The van der Waals surface area contributed by atoms with Gasteiger partial charge in [0.05, 0.1) is 0 Å². The number of amides is 1. The Morgan fingerprint density at radius 2 is 1.95 bits per heavy atom. The van der Waals surface area contributed by atoms with Crippen molar-refractivity contribution in [3.63, 3.8) is 0 Å². The zero-order valence-electron chi connectivity index (χ0n) is 12.3. The molecule has 1 fully saturated rings. The summed E-state index contributed by atoms with van der Waals surface area (Å²) in [6.07, 6.45) is 3.71. The second kappa shape index (κ2) is 7.29. The molecule has 2 rings (SSSR count). The van der Waals surface area contributed by atoms with Gasteiger partial charge in [0.1, 0.15) is 0 Å². The summed E-state index contributed by atoms with van der Waals surface area (Å²) < 4.78 is 0. The van der Waals surface area contributed by atoms with Crippen molar-refractivity contribution < 1.29 is 4.79 Å². The SMILES string of the molecule is CN1CCC(CNC(=O)CCc2ccc(N)cc2)CC1. The van der Waals surface area contributed by atoms with Crippen LogP contribution in [0.3, 0.4) is 0 Å². The van der Waals surface area contributed by atoms with Gasteiger partial charge in [0.15, 0.2) is 0 Å². The third-order valence-corrected chi connectivity index (χ3v) is 4.05. The molecule has 0 radical (unpaired) electrons. The molecule has 0 saturated carbocycles. The lowest BCUT2D eigenvalue weighted by Gasteiger charge is -2.28. The molecule has 1 heterocycles. The molecule has 1 aromatic carbocycles. The molecule has 1 aliphatic heterocycles. The highest BCUT2D eigenvalue weighted by atomic mass is 16.1. The average molecular weight is 275 g/mol. The van der Waals surface area contributed by atoms with Crippen molar-refractivity contribution in [3.8, 4) is 0 Å². The third-order valence-electron chi connectivity index (χ3n) is 4.05. The Morgan fingerprint density at radius 3 is 2.60 bits per heavy atom.